The molecule has 0 aliphatic heterocycles. The highest BCUT2D eigenvalue weighted by Crippen LogP contribution is 2.26. The Hall–Kier alpha value is -3.71. The van der Waals surface area contributed by atoms with Crippen molar-refractivity contribution >= 4 is 11.6 Å². The van der Waals surface area contributed by atoms with Crippen LogP contribution in [0.1, 0.15) is 16.7 Å². The van der Waals surface area contributed by atoms with Crippen LogP contribution in [0.25, 0.3) is 0 Å². The summed E-state index contributed by atoms with van der Waals surface area (Å²) in [4.78, 5) is 12.4. The molecule has 3 rings (SSSR count). The van der Waals surface area contributed by atoms with E-state index in [1.165, 1.54) is 13.2 Å². The summed E-state index contributed by atoms with van der Waals surface area (Å²) in [5.41, 5.74) is 3.07. The second-order valence-corrected chi connectivity index (χ2v) is 5.89. The zero-order valence-electron chi connectivity index (χ0n) is 14.9. The third-order valence-corrected chi connectivity index (χ3v) is 3.93. The van der Waals surface area contributed by atoms with Crippen LogP contribution in [0.2, 0.25) is 0 Å². The number of methoxy groups -OCH3 is 1. The van der Waals surface area contributed by atoms with Gasteiger partial charge >= 0.3 is 0 Å². The highest BCUT2D eigenvalue weighted by molar-refractivity contribution is 5.93. The van der Waals surface area contributed by atoms with E-state index in [1.807, 2.05) is 54.6 Å². The molecule has 27 heavy (non-hydrogen) atoms. The van der Waals surface area contributed by atoms with E-state index in [1.54, 1.807) is 12.1 Å². The van der Waals surface area contributed by atoms with Crippen molar-refractivity contribution in [3.8, 4) is 23.3 Å². The van der Waals surface area contributed by atoms with Crippen LogP contribution in [0.15, 0.2) is 72.8 Å². The van der Waals surface area contributed by atoms with Crippen LogP contribution in [-0.4, -0.2) is 18.1 Å². The molecule has 1 amide bonds. The summed E-state index contributed by atoms with van der Waals surface area (Å²) in [6.45, 7) is 0. The number of hydrogen-bond donors (Lipinski definition) is 2. The third kappa shape index (κ3) is 4.90. The summed E-state index contributed by atoms with van der Waals surface area (Å²) >= 11 is 0. The summed E-state index contributed by atoms with van der Waals surface area (Å²) < 4.78 is 5.08. The lowest BCUT2D eigenvalue weighted by atomic mass is 10.1. The smallest absolute Gasteiger partial charge is 0.228 e. The number of rotatable bonds is 4. The van der Waals surface area contributed by atoms with E-state index in [-0.39, 0.29) is 18.1 Å². The van der Waals surface area contributed by atoms with Crippen LogP contribution in [0.4, 0.5) is 5.69 Å². The molecule has 0 aromatic heterocycles. The molecule has 0 spiro atoms. The Morgan fingerprint density at radius 3 is 2.52 bits per heavy atom. The van der Waals surface area contributed by atoms with Gasteiger partial charge in [-0.25, -0.2) is 0 Å². The van der Waals surface area contributed by atoms with Crippen molar-refractivity contribution in [2.75, 3.05) is 12.4 Å². The van der Waals surface area contributed by atoms with Crippen molar-refractivity contribution in [3.05, 3.63) is 89.5 Å². The molecule has 0 aliphatic carbocycles. The Balaban J connectivity index is 1.74. The highest BCUT2D eigenvalue weighted by Gasteiger charge is 2.09. The zero-order chi connectivity index (χ0) is 19.1. The first kappa shape index (κ1) is 18.1. The minimum atomic E-state index is -0.170. The second kappa shape index (κ2) is 8.59. The number of carbonyl (C=O) groups excluding carboxylic acids is 1. The average molecular weight is 357 g/mol. The van der Waals surface area contributed by atoms with Gasteiger partial charge in [0.15, 0.2) is 11.5 Å². The van der Waals surface area contributed by atoms with Gasteiger partial charge in [-0.1, -0.05) is 48.2 Å². The number of amides is 1. The molecule has 4 heteroatoms. The quantitative estimate of drug-likeness (QED) is 0.695. The standard InChI is InChI=1S/C23H19NO3/c1-27-22-15-18(12-14-21(22)25)16-23(26)24-20-10-6-5-9-19(20)13-11-17-7-3-2-4-8-17/h2-10,12,14-15,25H,16H2,1H3,(H,24,26). The predicted molar refractivity (Wildman–Crippen MR) is 106 cm³/mol. The predicted octanol–water partition coefficient (Wildman–Crippen LogP) is 3.98. The van der Waals surface area contributed by atoms with Gasteiger partial charge in [0.25, 0.3) is 0 Å². The summed E-state index contributed by atoms with van der Waals surface area (Å²) in [6, 6.07) is 22.0. The number of phenolic OH excluding ortho intramolecular Hbond substituents is 1. The maximum atomic E-state index is 12.4. The molecule has 0 bridgehead atoms. The molecule has 0 aliphatic rings. The molecule has 0 fully saturated rings. The lowest BCUT2D eigenvalue weighted by Crippen LogP contribution is -2.15. The van der Waals surface area contributed by atoms with Gasteiger partial charge in [0.1, 0.15) is 0 Å². The normalized spacial score (nSPS) is 9.81. The number of anilines is 1. The number of nitrogens with one attached hydrogen (secondary N) is 1. The average Bonchev–Trinajstić information content (AvgIpc) is 2.69. The molecule has 0 saturated heterocycles. The van der Waals surface area contributed by atoms with Gasteiger partial charge in [-0.05, 0) is 42.0 Å². The molecule has 2 N–H and O–H groups in total. The SMILES string of the molecule is COc1cc(CC(=O)Nc2ccccc2C#Cc2ccccc2)ccc1O. The van der Waals surface area contributed by atoms with E-state index in [0.717, 1.165) is 16.7 Å². The van der Waals surface area contributed by atoms with E-state index < -0.39 is 0 Å². The van der Waals surface area contributed by atoms with Gasteiger partial charge in [0.2, 0.25) is 5.91 Å². The number of benzene rings is 3. The monoisotopic (exact) mass is 357 g/mol. The molecular formula is C23H19NO3. The Morgan fingerprint density at radius 2 is 1.74 bits per heavy atom. The number of ether oxygens (including phenoxy) is 1. The largest absolute Gasteiger partial charge is 0.504 e. The number of aromatic hydroxyl groups is 1. The number of phenols is 1. The molecule has 0 radical (unpaired) electrons. The van der Waals surface area contributed by atoms with Crippen LogP contribution in [0.5, 0.6) is 11.5 Å². The molecule has 0 saturated carbocycles. The third-order valence-electron chi connectivity index (χ3n) is 3.93. The van der Waals surface area contributed by atoms with E-state index in [0.29, 0.717) is 11.4 Å². The minimum absolute atomic E-state index is 0.0446. The van der Waals surface area contributed by atoms with Crippen molar-refractivity contribution < 1.29 is 14.6 Å². The topological polar surface area (TPSA) is 58.6 Å². The fraction of sp³-hybridized carbons (Fsp3) is 0.0870. The Morgan fingerprint density at radius 1 is 1.00 bits per heavy atom. The van der Waals surface area contributed by atoms with Gasteiger partial charge in [0, 0.05) is 11.1 Å². The zero-order valence-corrected chi connectivity index (χ0v) is 14.9. The van der Waals surface area contributed by atoms with E-state index in [2.05, 4.69) is 17.2 Å². The molecule has 0 unspecified atom stereocenters. The van der Waals surface area contributed by atoms with Crippen LogP contribution in [0, 0.1) is 11.8 Å². The summed E-state index contributed by atoms with van der Waals surface area (Å²) in [6.07, 6.45) is 0.164. The summed E-state index contributed by atoms with van der Waals surface area (Å²) in [7, 11) is 1.47. The van der Waals surface area contributed by atoms with Crippen LogP contribution in [-0.2, 0) is 11.2 Å². The van der Waals surface area contributed by atoms with Crippen LogP contribution in [0.3, 0.4) is 0 Å². The number of para-hydroxylation sites is 1. The van der Waals surface area contributed by atoms with E-state index in [9.17, 15) is 9.90 Å². The minimum Gasteiger partial charge on any atom is -0.504 e. The maximum Gasteiger partial charge on any atom is 0.228 e. The highest BCUT2D eigenvalue weighted by atomic mass is 16.5. The summed E-state index contributed by atoms with van der Waals surface area (Å²) in [5.74, 6) is 6.42. The molecule has 3 aromatic carbocycles. The second-order valence-electron chi connectivity index (χ2n) is 5.89. The molecule has 3 aromatic rings. The van der Waals surface area contributed by atoms with Gasteiger partial charge in [-0.3, -0.25) is 4.79 Å². The Bertz CT molecular complexity index is 1000. The van der Waals surface area contributed by atoms with Gasteiger partial charge in [0.05, 0.1) is 19.2 Å². The van der Waals surface area contributed by atoms with Crippen molar-refractivity contribution in [1.82, 2.24) is 0 Å². The number of hydrogen-bond acceptors (Lipinski definition) is 3. The van der Waals surface area contributed by atoms with E-state index in [4.69, 9.17) is 4.74 Å². The maximum absolute atomic E-state index is 12.4. The lowest BCUT2D eigenvalue weighted by molar-refractivity contribution is -0.115. The molecular weight excluding hydrogens is 338 g/mol. The molecule has 0 atom stereocenters. The first-order valence-corrected chi connectivity index (χ1v) is 8.47. The molecule has 134 valence electrons. The fourth-order valence-electron chi connectivity index (χ4n) is 2.57. The summed E-state index contributed by atoms with van der Waals surface area (Å²) in [5, 5.41) is 12.6. The van der Waals surface area contributed by atoms with E-state index >= 15 is 0 Å². The van der Waals surface area contributed by atoms with Gasteiger partial charge in [-0.2, -0.15) is 0 Å². The van der Waals surface area contributed by atoms with Crippen molar-refractivity contribution in [3.63, 3.8) is 0 Å². The molecule has 0 heterocycles. The van der Waals surface area contributed by atoms with Crippen LogP contribution >= 0.6 is 0 Å². The first-order valence-electron chi connectivity index (χ1n) is 8.47. The fourth-order valence-corrected chi connectivity index (χ4v) is 2.57. The van der Waals surface area contributed by atoms with Crippen molar-refractivity contribution in [2.45, 2.75) is 6.42 Å². The van der Waals surface area contributed by atoms with Crippen molar-refractivity contribution in [1.29, 1.82) is 0 Å². The van der Waals surface area contributed by atoms with Gasteiger partial charge in [-0.15, -0.1) is 0 Å². The van der Waals surface area contributed by atoms with Crippen molar-refractivity contribution in [2.24, 2.45) is 0 Å². The number of carbonyl (C=O) groups is 1. The van der Waals surface area contributed by atoms with Crippen LogP contribution < -0.4 is 10.1 Å². The lowest BCUT2D eigenvalue weighted by Gasteiger charge is -2.09. The molecule has 4 nitrogen and oxygen atoms in total. The first-order chi connectivity index (χ1) is 13.2. The Labute approximate surface area is 158 Å². The Kier molecular flexibility index (Phi) is 5.76. The van der Waals surface area contributed by atoms with Gasteiger partial charge < -0.3 is 15.2 Å².